The summed E-state index contributed by atoms with van der Waals surface area (Å²) in [4.78, 5) is 11.8. The molecule has 0 aromatic heterocycles. The lowest BCUT2D eigenvalue weighted by molar-refractivity contribution is -0.122. The Morgan fingerprint density at radius 2 is 2.20 bits per heavy atom. The molecule has 0 heterocycles. The number of hydrogen-bond acceptors (Lipinski definition) is 2. The van der Waals surface area contributed by atoms with Gasteiger partial charge in [0, 0.05) is 12.5 Å². The molecule has 1 aromatic carbocycles. The Morgan fingerprint density at radius 1 is 1.50 bits per heavy atom. The van der Waals surface area contributed by atoms with E-state index in [0.29, 0.717) is 25.1 Å². The van der Waals surface area contributed by atoms with Gasteiger partial charge in [0.25, 0.3) is 0 Å². The molecule has 0 saturated heterocycles. The van der Waals surface area contributed by atoms with Gasteiger partial charge in [-0.3, -0.25) is 4.79 Å². The van der Waals surface area contributed by atoms with E-state index in [9.17, 15) is 13.6 Å². The standard InChI is InChI=1S/C14H18F2N2O.ClH/c1-8(6-17)7-18-14(19)12-5-10(12)11-4-9(15)2-3-13(11)16;/h2-4,8,10,12H,5-7,17H2,1H3,(H,18,19);1H. The predicted molar refractivity (Wildman–Crippen MR) is 75.7 cm³/mol. The molecule has 6 heteroatoms. The molecular weight excluding hydrogens is 286 g/mol. The van der Waals surface area contributed by atoms with Crippen LogP contribution >= 0.6 is 12.4 Å². The molecule has 3 nitrogen and oxygen atoms in total. The van der Waals surface area contributed by atoms with Gasteiger partial charge in [0.2, 0.25) is 5.91 Å². The molecule has 0 radical (unpaired) electrons. The fraction of sp³-hybridized carbons (Fsp3) is 0.500. The van der Waals surface area contributed by atoms with Crippen molar-refractivity contribution in [1.29, 1.82) is 0 Å². The Bertz CT molecular complexity index is 484. The number of carbonyl (C=O) groups is 1. The molecule has 112 valence electrons. The molecule has 3 atom stereocenters. The maximum absolute atomic E-state index is 13.6. The van der Waals surface area contributed by atoms with Crippen molar-refractivity contribution >= 4 is 18.3 Å². The number of halogens is 3. The van der Waals surface area contributed by atoms with Crippen LogP contribution in [-0.2, 0) is 4.79 Å². The van der Waals surface area contributed by atoms with Gasteiger partial charge in [-0.15, -0.1) is 12.4 Å². The third-order valence-electron chi connectivity index (χ3n) is 3.51. The number of benzene rings is 1. The second kappa shape index (κ2) is 6.99. The summed E-state index contributed by atoms with van der Waals surface area (Å²) in [5, 5.41) is 2.79. The second-order valence-electron chi connectivity index (χ2n) is 5.20. The highest BCUT2D eigenvalue weighted by molar-refractivity contribution is 5.85. The molecule has 3 N–H and O–H groups in total. The van der Waals surface area contributed by atoms with Crippen molar-refractivity contribution in [2.45, 2.75) is 19.3 Å². The van der Waals surface area contributed by atoms with Crippen LogP contribution in [0.4, 0.5) is 8.78 Å². The third-order valence-corrected chi connectivity index (χ3v) is 3.51. The first-order valence-corrected chi connectivity index (χ1v) is 6.45. The molecular formula is C14H19ClF2N2O. The van der Waals surface area contributed by atoms with Crippen LogP contribution in [0.1, 0.15) is 24.8 Å². The highest BCUT2D eigenvalue weighted by atomic mass is 35.5. The number of carbonyl (C=O) groups excluding carboxylic acids is 1. The quantitative estimate of drug-likeness (QED) is 0.876. The smallest absolute Gasteiger partial charge is 0.223 e. The zero-order chi connectivity index (χ0) is 14.0. The van der Waals surface area contributed by atoms with E-state index >= 15 is 0 Å². The summed E-state index contributed by atoms with van der Waals surface area (Å²) >= 11 is 0. The Labute approximate surface area is 123 Å². The van der Waals surface area contributed by atoms with Gasteiger partial charge in [0.15, 0.2) is 0 Å². The van der Waals surface area contributed by atoms with E-state index < -0.39 is 11.6 Å². The van der Waals surface area contributed by atoms with Crippen LogP contribution in [0.2, 0.25) is 0 Å². The van der Waals surface area contributed by atoms with E-state index in [0.717, 1.165) is 12.1 Å². The fourth-order valence-electron chi connectivity index (χ4n) is 2.12. The van der Waals surface area contributed by atoms with E-state index in [4.69, 9.17) is 5.73 Å². The maximum atomic E-state index is 13.6. The van der Waals surface area contributed by atoms with Gasteiger partial charge < -0.3 is 11.1 Å². The van der Waals surface area contributed by atoms with E-state index in [1.54, 1.807) is 0 Å². The first-order chi connectivity index (χ1) is 9.02. The van der Waals surface area contributed by atoms with Crippen LogP contribution < -0.4 is 11.1 Å². The molecule has 20 heavy (non-hydrogen) atoms. The summed E-state index contributed by atoms with van der Waals surface area (Å²) in [7, 11) is 0. The molecule has 1 amide bonds. The Kier molecular flexibility index (Phi) is 5.89. The van der Waals surface area contributed by atoms with Crippen LogP contribution in [-0.4, -0.2) is 19.0 Å². The zero-order valence-electron chi connectivity index (χ0n) is 11.2. The summed E-state index contributed by atoms with van der Waals surface area (Å²) in [5.41, 5.74) is 5.76. The molecule has 0 bridgehead atoms. The van der Waals surface area contributed by atoms with Crippen molar-refractivity contribution in [1.82, 2.24) is 5.32 Å². The molecule has 0 spiro atoms. The second-order valence-corrected chi connectivity index (χ2v) is 5.20. The third kappa shape index (κ3) is 3.90. The first-order valence-electron chi connectivity index (χ1n) is 6.45. The van der Waals surface area contributed by atoms with Crippen LogP contribution in [0.5, 0.6) is 0 Å². The summed E-state index contributed by atoms with van der Waals surface area (Å²) < 4.78 is 26.6. The Balaban J connectivity index is 0.00000200. The number of amides is 1. The fourth-order valence-corrected chi connectivity index (χ4v) is 2.12. The molecule has 1 fully saturated rings. The first kappa shape index (κ1) is 16.9. The zero-order valence-corrected chi connectivity index (χ0v) is 12.1. The predicted octanol–water partition coefficient (Wildman–Crippen LogP) is 2.20. The molecule has 0 aliphatic heterocycles. The lowest BCUT2D eigenvalue weighted by Gasteiger charge is -2.10. The van der Waals surface area contributed by atoms with E-state index in [1.807, 2.05) is 6.92 Å². The topological polar surface area (TPSA) is 55.1 Å². The molecule has 1 aliphatic rings. The van der Waals surface area contributed by atoms with Gasteiger partial charge in [0.05, 0.1) is 0 Å². The van der Waals surface area contributed by atoms with E-state index in [1.165, 1.54) is 6.07 Å². The van der Waals surface area contributed by atoms with Crippen LogP contribution in [0.3, 0.4) is 0 Å². The minimum Gasteiger partial charge on any atom is -0.356 e. The van der Waals surface area contributed by atoms with Gasteiger partial charge in [-0.25, -0.2) is 8.78 Å². The molecule has 1 aromatic rings. The average Bonchev–Trinajstić information content (AvgIpc) is 3.18. The van der Waals surface area contributed by atoms with Gasteiger partial charge in [0.1, 0.15) is 11.6 Å². The van der Waals surface area contributed by atoms with Crippen molar-refractivity contribution in [3.05, 3.63) is 35.4 Å². The SMILES string of the molecule is CC(CN)CNC(=O)C1CC1c1cc(F)ccc1F.Cl. The van der Waals surface area contributed by atoms with Gasteiger partial charge in [-0.1, -0.05) is 6.92 Å². The van der Waals surface area contributed by atoms with Gasteiger partial charge in [-0.05, 0) is 48.6 Å². The minimum atomic E-state index is -0.473. The number of rotatable bonds is 5. The minimum absolute atomic E-state index is 0. The van der Waals surface area contributed by atoms with E-state index in [2.05, 4.69) is 5.32 Å². The monoisotopic (exact) mass is 304 g/mol. The summed E-state index contributed by atoms with van der Waals surface area (Å²) in [6.07, 6.45) is 0.573. The number of hydrogen-bond donors (Lipinski definition) is 2. The normalized spacial score (nSPS) is 21.8. The van der Waals surface area contributed by atoms with E-state index in [-0.39, 0.29) is 36.1 Å². The number of nitrogens with two attached hydrogens (primary N) is 1. The Morgan fingerprint density at radius 3 is 2.85 bits per heavy atom. The van der Waals surface area contributed by atoms with Crippen molar-refractivity contribution in [2.24, 2.45) is 17.6 Å². The summed E-state index contributed by atoms with van der Waals surface area (Å²) in [6.45, 7) is 2.97. The van der Waals surface area contributed by atoms with Crippen LogP contribution in [0, 0.1) is 23.5 Å². The molecule has 3 unspecified atom stereocenters. The van der Waals surface area contributed by atoms with Crippen molar-refractivity contribution < 1.29 is 13.6 Å². The highest BCUT2D eigenvalue weighted by Gasteiger charge is 2.45. The van der Waals surface area contributed by atoms with Crippen LogP contribution in [0.25, 0.3) is 0 Å². The van der Waals surface area contributed by atoms with Crippen LogP contribution in [0.15, 0.2) is 18.2 Å². The lowest BCUT2D eigenvalue weighted by atomic mass is 10.1. The van der Waals surface area contributed by atoms with Gasteiger partial charge >= 0.3 is 0 Å². The average molecular weight is 305 g/mol. The molecule has 1 aliphatic carbocycles. The summed E-state index contributed by atoms with van der Waals surface area (Å²) in [5.74, 6) is -1.26. The molecule has 1 saturated carbocycles. The van der Waals surface area contributed by atoms with Crippen molar-refractivity contribution in [2.75, 3.05) is 13.1 Å². The largest absolute Gasteiger partial charge is 0.356 e. The lowest BCUT2D eigenvalue weighted by Crippen LogP contribution is -2.32. The summed E-state index contributed by atoms with van der Waals surface area (Å²) in [6, 6.07) is 3.36. The maximum Gasteiger partial charge on any atom is 0.223 e. The Hall–Kier alpha value is -1.20. The number of nitrogens with one attached hydrogen (secondary N) is 1. The van der Waals surface area contributed by atoms with Gasteiger partial charge in [-0.2, -0.15) is 0 Å². The van der Waals surface area contributed by atoms with Crippen molar-refractivity contribution in [3.8, 4) is 0 Å². The van der Waals surface area contributed by atoms with Crippen molar-refractivity contribution in [3.63, 3.8) is 0 Å². The highest BCUT2D eigenvalue weighted by Crippen LogP contribution is 2.48. The molecule has 2 rings (SSSR count).